The molecule has 0 bridgehead atoms. The molecule has 2 rings (SSSR count). The summed E-state index contributed by atoms with van der Waals surface area (Å²) < 4.78 is 12.9. The molecule has 0 aliphatic carbocycles. The fraction of sp³-hybridized carbons (Fsp3) is 0.529. The van der Waals surface area contributed by atoms with E-state index in [4.69, 9.17) is 15.2 Å². The van der Waals surface area contributed by atoms with Crippen molar-refractivity contribution in [3.05, 3.63) is 42.3 Å². The second-order valence-electron chi connectivity index (χ2n) is 5.46. The molecule has 0 amide bonds. The van der Waals surface area contributed by atoms with Crippen LogP contribution in [-0.4, -0.2) is 41.0 Å². The van der Waals surface area contributed by atoms with Crippen LogP contribution in [0.1, 0.15) is 31.9 Å². The SMILES string of the molecule is C=C(/C=C\C(=C/C)CN)n1cc(CCOC2CCCCO2)nn1. The predicted octanol–water partition coefficient (Wildman–Crippen LogP) is 2.30. The van der Waals surface area contributed by atoms with E-state index in [1.54, 1.807) is 4.68 Å². The minimum atomic E-state index is -0.0628. The molecular formula is C17H26N4O2. The van der Waals surface area contributed by atoms with E-state index < -0.39 is 0 Å². The maximum atomic E-state index is 5.71. The molecule has 1 aliphatic heterocycles. The van der Waals surface area contributed by atoms with Gasteiger partial charge < -0.3 is 15.2 Å². The van der Waals surface area contributed by atoms with E-state index in [1.165, 1.54) is 6.42 Å². The Kier molecular flexibility index (Phi) is 7.19. The molecule has 1 unspecified atom stereocenters. The van der Waals surface area contributed by atoms with E-state index >= 15 is 0 Å². The van der Waals surface area contributed by atoms with E-state index in [9.17, 15) is 0 Å². The Morgan fingerprint density at radius 1 is 1.52 bits per heavy atom. The van der Waals surface area contributed by atoms with Gasteiger partial charge >= 0.3 is 0 Å². The van der Waals surface area contributed by atoms with Gasteiger partial charge in [-0.1, -0.05) is 23.9 Å². The molecule has 6 heteroatoms. The first-order valence-electron chi connectivity index (χ1n) is 8.10. The lowest BCUT2D eigenvalue weighted by atomic mass is 10.2. The van der Waals surface area contributed by atoms with Crippen molar-refractivity contribution in [3.63, 3.8) is 0 Å². The molecule has 23 heavy (non-hydrogen) atoms. The number of ether oxygens (including phenoxy) is 2. The highest BCUT2D eigenvalue weighted by atomic mass is 16.7. The highest BCUT2D eigenvalue weighted by molar-refractivity contribution is 5.54. The minimum absolute atomic E-state index is 0.0628. The van der Waals surface area contributed by atoms with E-state index in [-0.39, 0.29) is 6.29 Å². The van der Waals surface area contributed by atoms with Crippen LogP contribution in [0.15, 0.2) is 36.6 Å². The number of rotatable bonds is 8. The van der Waals surface area contributed by atoms with Gasteiger partial charge in [-0.2, -0.15) is 0 Å². The van der Waals surface area contributed by atoms with Crippen LogP contribution >= 0.6 is 0 Å². The molecule has 0 spiro atoms. The van der Waals surface area contributed by atoms with Crippen LogP contribution in [0.25, 0.3) is 5.70 Å². The summed E-state index contributed by atoms with van der Waals surface area (Å²) in [5.41, 5.74) is 8.29. The van der Waals surface area contributed by atoms with E-state index in [0.29, 0.717) is 19.6 Å². The van der Waals surface area contributed by atoms with Crippen LogP contribution < -0.4 is 5.73 Å². The van der Waals surface area contributed by atoms with Gasteiger partial charge in [0.25, 0.3) is 0 Å². The molecule has 0 aromatic carbocycles. The van der Waals surface area contributed by atoms with Crippen LogP contribution in [0.2, 0.25) is 0 Å². The number of nitrogens with zero attached hydrogens (tertiary/aromatic N) is 3. The Bertz CT molecular complexity index is 557. The monoisotopic (exact) mass is 318 g/mol. The summed E-state index contributed by atoms with van der Waals surface area (Å²) in [7, 11) is 0. The average molecular weight is 318 g/mol. The Morgan fingerprint density at radius 2 is 2.39 bits per heavy atom. The lowest BCUT2D eigenvalue weighted by Gasteiger charge is -2.22. The van der Waals surface area contributed by atoms with Crippen molar-refractivity contribution in [2.45, 2.75) is 38.9 Å². The Morgan fingerprint density at radius 3 is 3.09 bits per heavy atom. The van der Waals surface area contributed by atoms with E-state index in [2.05, 4.69) is 16.9 Å². The lowest BCUT2D eigenvalue weighted by molar-refractivity contribution is -0.161. The van der Waals surface area contributed by atoms with E-state index in [1.807, 2.05) is 31.3 Å². The third-order valence-corrected chi connectivity index (χ3v) is 3.73. The van der Waals surface area contributed by atoms with Crippen LogP contribution in [0, 0.1) is 0 Å². The van der Waals surface area contributed by atoms with Gasteiger partial charge in [0, 0.05) is 19.6 Å². The molecule has 1 fully saturated rings. The number of nitrogens with two attached hydrogens (primary N) is 1. The third kappa shape index (κ3) is 5.74. The summed E-state index contributed by atoms with van der Waals surface area (Å²) in [6.45, 7) is 7.83. The van der Waals surface area contributed by atoms with Gasteiger partial charge in [-0.15, -0.1) is 5.10 Å². The first-order valence-corrected chi connectivity index (χ1v) is 8.10. The van der Waals surface area contributed by atoms with Crippen LogP contribution in [-0.2, 0) is 15.9 Å². The zero-order valence-corrected chi connectivity index (χ0v) is 13.8. The molecule has 1 aromatic heterocycles. The standard InChI is InChI=1S/C17H26N4O2/c1-3-15(12-18)8-7-14(2)21-13-16(19-20-21)9-11-23-17-6-4-5-10-22-17/h3,7-8,13,17H,2,4-6,9-12,18H2,1H3/b8-7-,15-3+. The Balaban J connectivity index is 1.79. The molecule has 1 aromatic rings. The molecule has 6 nitrogen and oxygen atoms in total. The number of hydrogen-bond donors (Lipinski definition) is 1. The molecule has 0 saturated carbocycles. The van der Waals surface area contributed by atoms with Crippen molar-refractivity contribution < 1.29 is 9.47 Å². The molecule has 1 saturated heterocycles. The van der Waals surface area contributed by atoms with Gasteiger partial charge in [0.05, 0.1) is 24.2 Å². The van der Waals surface area contributed by atoms with Gasteiger partial charge in [-0.05, 0) is 37.8 Å². The normalized spacial score (nSPS) is 19.4. The largest absolute Gasteiger partial charge is 0.353 e. The molecule has 2 heterocycles. The lowest BCUT2D eigenvalue weighted by Crippen LogP contribution is -2.23. The second-order valence-corrected chi connectivity index (χ2v) is 5.46. The molecular weight excluding hydrogens is 292 g/mol. The zero-order chi connectivity index (χ0) is 16.5. The van der Waals surface area contributed by atoms with Crippen LogP contribution in [0.3, 0.4) is 0 Å². The van der Waals surface area contributed by atoms with Gasteiger partial charge in [0.15, 0.2) is 6.29 Å². The van der Waals surface area contributed by atoms with Crippen molar-refractivity contribution in [3.8, 4) is 0 Å². The van der Waals surface area contributed by atoms with Crippen molar-refractivity contribution in [1.82, 2.24) is 15.0 Å². The first kappa shape index (κ1) is 17.6. The summed E-state index contributed by atoms with van der Waals surface area (Å²) in [4.78, 5) is 0. The number of aromatic nitrogens is 3. The van der Waals surface area contributed by atoms with Crippen molar-refractivity contribution >= 4 is 5.70 Å². The van der Waals surface area contributed by atoms with E-state index in [0.717, 1.165) is 36.4 Å². The minimum Gasteiger partial charge on any atom is -0.353 e. The Hall–Kier alpha value is -1.76. The second kappa shape index (κ2) is 9.39. The molecule has 126 valence electrons. The molecule has 1 aliphatic rings. The number of hydrogen-bond acceptors (Lipinski definition) is 5. The van der Waals surface area contributed by atoms with Crippen LogP contribution in [0.4, 0.5) is 0 Å². The smallest absolute Gasteiger partial charge is 0.157 e. The fourth-order valence-electron chi connectivity index (χ4n) is 2.25. The zero-order valence-electron chi connectivity index (χ0n) is 13.8. The maximum absolute atomic E-state index is 5.71. The van der Waals surface area contributed by atoms with Crippen molar-refractivity contribution in [2.75, 3.05) is 19.8 Å². The van der Waals surface area contributed by atoms with Crippen LogP contribution in [0.5, 0.6) is 0 Å². The Labute approximate surface area is 137 Å². The average Bonchev–Trinajstić information content (AvgIpc) is 3.05. The molecule has 2 N–H and O–H groups in total. The summed E-state index contributed by atoms with van der Waals surface area (Å²) in [6.07, 6.45) is 11.6. The van der Waals surface area contributed by atoms with Gasteiger partial charge in [-0.25, -0.2) is 4.68 Å². The summed E-state index contributed by atoms with van der Waals surface area (Å²) in [5.74, 6) is 0. The maximum Gasteiger partial charge on any atom is 0.157 e. The molecule has 1 atom stereocenters. The predicted molar refractivity (Wildman–Crippen MR) is 90.6 cm³/mol. The summed E-state index contributed by atoms with van der Waals surface area (Å²) in [5, 5.41) is 8.23. The van der Waals surface area contributed by atoms with Gasteiger partial charge in [-0.3, -0.25) is 0 Å². The highest BCUT2D eigenvalue weighted by Crippen LogP contribution is 2.14. The fourth-order valence-corrected chi connectivity index (χ4v) is 2.25. The van der Waals surface area contributed by atoms with Gasteiger partial charge in [0.1, 0.15) is 0 Å². The number of allylic oxidation sites excluding steroid dienone is 3. The third-order valence-electron chi connectivity index (χ3n) is 3.73. The topological polar surface area (TPSA) is 75.2 Å². The first-order chi connectivity index (χ1) is 11.2. The quantitative estimate of drug-likeness (QED) is 0.744. The molecule has 0 radical (unpaired) electrons. The van der Waals surface area contributed by atoms with Gasteiger partial charge in [0.2, 0.25) is 0 Å². The highest BCUT2D eigenvalue weighted by Gasteiger charge is 2.14. The van der Waals surface area contributed by atoms with Crippen molar-refractivity contribution in [2.24, 2.45) is 5.73 Å². The summed E-state index contributed by atoms with van der Waals surface area (Å²) in [6, 6.07) is 0. The van der Waals surface area contributed by atoms with Crippen molar-refractivity contribution in [1.29, 1.82) is 0 Å². The summed E-state index contributed by atoms with van der Waals surface area (Å²) >= 11 is 0.